The second-order valence-corrected chi connectivity index (χ2v) is 17.3. The maximum Gasteiger partial charge on any atom is 0.410 e. The maximum atomic E-state index is 13.4. The number of ether oxygens (including phenoxy) is 2. The smallest absolute Gasteiger partial charge is 0.410 e. The lowest BCUT2D eigenvalue weighted by atomic mass is 9.79. The second kappa shape index (κ2) is 12.0. The highest BCUT2D eigenvalue weighted by Gasteiger charge is 2.61. The van der Waals surface area contributed by atoms with Crippen molar-refractivity contribution in [2.24, 2.45) is 11.8 Å². The van der Waals surface area contributed by atoms with Gasteiger partial charge in [-0.25, -0.2) is 14.6 Å². The van der Waals surface area contributed by atoms with Gasteiger partial charge in [0.25, 0.3) is 0 Å². The Morgan fingerprint density at radius 3 is 2.62 bits per heavy atom. The van der Waals surface area contributed by atoms with Crippen molar-refractivity contribution < 1.29 is 28.3 Å². The molecule has 4 heterocycles. The summed E-state index contributed by atoms with van der Waals surface area (Å²) in [7, 11) is -1.87. The molecule has 0 unspecified atom stereocenters. The van der Waals surface area contributed by atoms with Crippen molar-refractivity contribution >= 4 is 49.4 Å². The lowest BCUT2D eigenvalue weighted by molar-refractivity contribution is -0.163. The number of carbonyl (C=O) groups is 3. The minimum Gasteiger partial charge on any atom is -0.457 e. The van der Waals surface area contributed by atoms with Gasteiger partial charge in [-0.15, -0.1) is 11.3 Å². The molecule has 2 saturated heterocycles. The minimum absolute atomic E-state index is 0.0558. The summed E-state index contributed by atoms with van der Waals surface area (Å²) in [6.45, 7) is 18.4. The van der Waals surface area contributed by atoms with Crippen molar-refractivity contribution in [3.63, 3.8) is 0 Å². The van der Waals surface area contributed by atoms with E-state index in [0.29, 0.717) is 6.54 Å². The first kappa shape index (κ1) is 29.6. The molecule has 39 heavy (non-hydrogen) atoms. The van der Waals surface area contributed by atoms with Crippen LogP contribution in [-0.4, -0.2) is 73.0 Å². The van der Waals surface area contributed by atoms with E-state index in [2.05, 4.69) is 32.8 Å². The van der Waals surface area contributed by atoms with Gasteiger partial charge in [0.1, 0.15) is 28.9 Å². The summed E-state index contributed by atoms with van der Waals surface area (Å²) < 4.78 is 16.9. The first-order chi connectivity index (χ1) is 18.5. The number of rotatable bonds is 11. The number of likely N-dealkylation sites (tertiary alicyclic amines) is 1. The van der Waals surface area contributed by atoms with Gasteiger partial charge in [-0.05, 0) is 39.4 Å². The summed E-state index contributed by atoms with van der Waals surface area (Å²) in [6, 6.07) is -0.334. The topological polar surface area (TPSA) is 98.3 Å². The van der Waals surface area contributed by atoms with Crippen molar-refractivity contribution in [2.45, 2.75) is 69.5 Å². The summed E-state index contributed by atoms with van der Waals surface area (Å²) >= 11 is 2.87. The predicted molar refractivity (Wildman–Crippen MR) is 154 cm³/mol. The number of carbonyl (C=O) groups excluding carboxylic acids is 3. The second-order valence-electron chi connectivity index (χ2n) is 10.9. The van der Waals surface area contributed by atoms with Gasteiger partial charge in [0, 0.05) is 22.7 Å². The zero-order valence-electron chi connectivity index (χ0n) is 23.2. The van der Waals surface area contributed by atoms with Crippen molar-refractivity contribution in [1.29, 1.82) is 0 Å². The van der Waals surface area contributed by atoms with Crippen LogP contribution in [0.1, 0.15) is 37.7 Å². The highest BCUT2D eigenvalue weighted by Crippen LogP contribution is 2.53. The van der Waals surface area contributed by atoms with E-state index in [9.17, 15) is 14.4 Å². The molecule has 0 spiro atoms. The van der Waals surface area contributed by atoms with E-state index < -0.39 is 14.3 Å². The summed E-state index contributed by atoms with van der Waals surface area (Å²) in [5, 5.41) is 3.47. The van der Waals surface area contributed by atoms with Crippen LogP contribution in [0, 0.1) is 11.8 Å². The lowest BCUT2D eigenvalue weighted by Gasteiger charge is -2.48. The largest absolute Gasteiger partial charge is 0.457 e. The molecule has 9 nitrogen and oxygen atoms in total. The molecule has 1 aromatic rings. The van der Waals surface area contributed by atoms with E-state index in [1.807, 2.05) is 19.2 Å². The maximum absolute atomic E-state index is 13.4. The van der Waals surface area contributed by atoms with Gasteiger partial charge in [-0.1, -0.05) is 44.0 Å². The number of hydrogen-bond donors (Lipinski definition) is 0. The number of fused-ring (bicyclic) bond motifs is 1. The number of β-lactam (4-membered cyclic amide) rings is 1. The normalized spacial score (nSPS) is 25.3. The van der Waals surface area contributed by atoms with Gasteiger partial charge in [-0.3, -0.25) is 9.69 Å². The molecule has 0 radical (unpaired) electrons. The molecule has 0 bridgehead atoms. The van der Waals surface area contributed by atoms with Crippen molar-refractivity contribution in [2.75, 3.05) is 19.8 Å². The number of amides is 2. The van der Waals surface area contributed by atoms with Crippen LogP contribution in [-0.2, 0) is 23.5 Å². The molecular weight excluding hydrogens is 555 g/mol. The molecule has 12 heteroatoms. The number of hydrogen-bond acceptors (Lipinski definition) is 9. The SMILES string of the molecule is C=CCOC(=O)C1=C(Sc2csc([C@H]3CCCN3C(=O)OCC=C)n2)[C@H](C)[C@@H]2[C@@H]([C@@H](C)O[Si](C)(C)C)C(=O)N12. The Morgan fingerprint density at radius 2 is 1.95 bits per heavy atom. The Hall–Kier alpha value is -2.41. The van der Waals surface area contributed by atoms with Gasteiger partial charge < -0.3 is 18.8 Å². The minimum atomic E-state index is -1.87. The average molecular weight is 592 g/mol. The molecule has 0 aromatic carbocycles. The molecule has 212 valence electrons. The molecule has 2 amide bonds. The quantitative estimate of drug-likeness (QED) is 0.147. The summed E-state index contributed by atoms with van der Waals surface area (Å²) in [4.78, 5) is 48.0. The first-order valence-corrected chi connectivity index (χ1v) is 18.3. The van der Waals surface area contributed by atoms with Gasteiger partial charge in [0.05, 0.1) is 24.1 Å². The Balaban J connectivity index is 1.57. The molecule has 1 aromatic heterocycles. The van der Waals surface area contributed by atoms with Crippen LogP contribution in [0.2, 0.25) is 19.6 Å². The predicted octanol–water partition coefficient (Wildman–Crippen LogP) is 5.35. The molecule has 0 N–H and O–H groups in total. The third-order valence-electron chi connectivity index (χ3n) is 6.97. The van der Waals surface area contributed by atoms with Crippen LogP contribution >= 0.6 is 23.1 Å². The molecule has 0 saturated carbocycles. The average Bonchev–Trinajstić information content (AvgIpc) is 3.58. The van der Waals surface area contributed by atoms with E-state index in [1.165, 1.54) is 29.2 Å². The van der Waals surface area contributed by atoms with Crippen molar-refractivity contribution in [3.05, 3.63) is 46.3 Å². The van der Waals surface area contributed by atoms with E-state index in [-0.39, 0.29) is 60.9 Å². The lowest BCUT2D eigenvalue weighted by Crippen LogP contribution is -2.64. The molecule has 4 rings (SSSR count). The monoisotopic (exact) mass is 591 g/mol. The molecule has 5 atom stereocenters. The van der Waals surface area contributed by atoms with Crippen LogP contribution < -0.4 is 0 Å². The third-order valence-corrected chi connectivity index (χ3v) is 10.3. The number of thiazole rings is 1. The molecule has 3 aliphatic rings. The standard InChI is InChI=1S/C27H37N3O6S2Si/c1-8-13-34-26(32)22-23(16(3)21-20(25(31)30(21)22)17(4)36-39(5,6)7)38-19-15-37-24(28-19)18-11-10-12-29(18)27(33)35-14-9-2/h8-9,15-18,20-21H,1-2,10-14H2,3-7H3/t16-,17-,18-,20-,21-/m1/s1. The third kappa shape index (κ3) is 6.03. The first-order valence-electron chi connectivity index (χ1n) is 13.2. The fourth-order valence-corrected chi connectivity index (χ4v) is 8.96. The van der Waals surface area contributed by atoms with Crippen molar-refractivity contribution in [3.8, 4) is 0 Å². The fourth-order valence-electron chi connectivity index (χ4n) is 5.51. The molecule has 3 aliphatic heterocycles. The highest BCUT2D eigenvalue weighted by atomic mass is 32.2. The number of aromatic nitrogens is 1. The Labute approximate surface area is 239 Å². The van der Waals surface area contributed by atoms with Gasteiger partial charge in [0.2, 0.25) is 5.91 Å². The van der Waals surface area contributed by atoms with Gasteiger partial charge >= 0.3 is 12.1 Å². The number of esters is 1. The van der Waals surface area contributed by atoms with Crippen LogP contribution in [0.25, 0.3) is 0 Å². The zero-order valence-corrected chi connectivity index (χ0v) is 25.8. The molecule has 2 fully saturated rings. The summed E-state index contributed by atoms with van der Waals surface area (Å²) in [6.07, 6.45) is 4.11. The van der Waals surface area contributed by atoms with E-state index >= 15 is 0 Å². The van der Waals surface area contributed by atoms with E-state index in [1.54, 1.807) is 15.9 Å². The fraction of sp³-hybridized carbons (Fsp3) is 0.556. The Morgan fingerprint density at radius 1 is 1.26 bits per heavy atom. The number of thioether (sulfide) groups is 1. The van der Waals surface area contributed by atoms with Crippen LogP contribution in [0.5, 0.6) is 0 Å². The zero-order chi connectivity index (χ0) is 28.5. The molecule has 0 aliphatic carbocycles. The summed E-state index contributed by atoms with van der Waals surface area (Å²) in [5.74, 6) is -1.08. The van der Waals surface area contributed by atoms with Gasteiger partial charge in [0.15, 0.2) is 8.32 Å². The Bertz CT molecular complexity index is 1180. The van der Waals surface area contributed by atoms with Crippen molar-refractivity contribution in [1.82, 2.24) is 14.8 Å². The number of nitrogens with zero attached hydrogens (tertiary/aromatic N) is 3. The van der Waals surface area contributed by atoms with Crippen LogP contribution in [0.15, 0.2) is 46.3 Å². The summed E-state index contributed by atoms with van der Waals surface area (Å²) in [5.41, 5.74) is 0.283. The van der Waals surface area contributed by atoms with Crippen LogP contribution in [0.4, 0.5) is 4.79 Å². The van der Waals surface area contributed by atoms with Crippen LogP contribution in [0.3, 0.4) is 0 Å². The highest BCUT2D eigenvalue weighted by molar-refractivity contribution is 8.03. The van der Waals surface area contributed by atoms with E-state index in [4.69, 9.17) is 18.9 Å². The molecular formula is C27H37N3O6S2Si. The Kier molecular flexibility index (Phi) is 9.09. The van der Waals surface area contributed by atoms with Gasteiger partial charge in [-0.2, -0.15) is 0 Å². The van der Waals surface area contributed by atoms with E-state index in [0.717, 1.165) is 27.8 Å².